The number of hydrogen-bond donors (Lipinski definition) is 2. The van der Waals surface area contributed by atoms with Crippen molar-refractivity contribution in [3.63, 3.8) is 0 Å². The third-order valence-corrected chi connectivity index (χ3v) is 2.64. The smallest absolute Gasteiger partial charge is 0.303 e. The number of rotatable bonds is 4. The van der Waals surface area contributed by atoms with Gasteiger partial charge in [0.05, 0.1) is 0 Å². The predicted octanol–water partition coefficient (Wildman–Crippen LogP) is 0.623. The number of nitrogens with one attached hydrogen (secondary N) is 1. The van der Waals surface area contributed by atoms with Crippen LogP contribution in [0.5, 0.6) is 0 Å². The minimum absolute atomic E-state index is 0.0499. The zero-order chi connectivity index (χ0) is 9.84. The molecular weight excluding hydrogens is 170 g/mol. The second-order valence-corrected chi connectivity index (χ2v) is 3.53. The van der Waals surface area contributed by atoms with Crippen LogP contribution in [0.4, 0.5) is 0 Å². The van der Waals surface area contributed by atoms with Gasteiger partial charge in [0.15, 0.2) is 0 Å². The number of carboxylic acid groups (broad SMARTS) is 1. The molecule has 1 amide bonds. The van der Waals surface area contributed by atoms with Crippen LogP contribution < -0.4 is 5.32 Å². The lowest BCUT2D eigenvalue weighted by molar-refractivity contribution is -0.138. The van der Waals surface area contributed by atoms with Gasteiger partial charge >= 0.3 is 5.97 Å². The summed E-state index contributed by atoms with van der Waals surface area (Å²) in [4.78, 5) is 21.4. The van der Waals surface area contributed by atoms with Crippen molar-refractivity contribution in [3.05, 3.63) is 0 Å². The molecule has 4 nitrogen and oxygen atoms in total. The van der Waals surface area contributed by atoms with Gasteiger partial charge in [0.25, 0.3) is 0 Å². The van der Waals surface area contributed by atoms with E-state index in [1.54, 1.807) is 0 Å². The summed E-state index contributed by atoms with van der Waals surface area (Å²) in [5, 5.41) is 11.4. The fourth-order valence-corrected chi connectivity index (χ4v) is 1.83. The average Bonchev–Trinajstić information content (AvgIpc) is 2.47. The van der Waals surface area contributed by atoms with Crippen LogP contribution in [0.25, 0.3) is 0 Å². The van der Waals surface area contributed by atoms with E-state index in [2.05, 4.69) is 5.32 Å². The molecule has 0 aliphatic carbocycles. The maximum Gasteiger partial charge on any atom is 0.303 e. The van der Waals surface area contributed by atoms with Crippen LogP contribution in [0.2, 0.25) is 0 Å². The summed E-state index contributed by atoms with van der Waals surface area (Å²) in [5.41, 5.74) is 0. The van der Waals surface area contributed by atoms with Gasteiger partial charge in [-0.15, -0.1) is 0 Å². The number of carbonyl (C=O) groups excluding carboxylic acids is 1. The highest BCUT2D eigenvalue weighted by Crippen LogP contribution is 2.25. The maximum atomic E-state index is 10.9. The van der Waals surface area contributed by atoms with Gasteiger partial charge < -0.3 is 10.4 Å². The standard InChI is InChI=1S/C9H15NO3/c1-2-6(4-9(12)13)7-3-8(11)10-5-7/h6-7H,2-5H2,1H3,(H,10,11)(H,12,13). The molecular formula is C9H15NO3. The largest absolute Gasteiger partial charge is 0.481 e. The Morgan fingerprint density at radius 2 is 2.46 bits per heavy atom. The first kappa shape index (κ1) is 10.0. The molecule has 2 unspecified atom stereocenters. The lowest BCUT2D eigenvalue weighted by Crippen LogP contribution is -2.20. The number of carboxylic acids is 1. The number of hydrogen-bond acceptors (Lipinski definition) is 2. The van der Waals surface area contributed by atoms with E-state index < -0.39 is 5.97 Å². The van der Waals surface area contributed by atoms with E-state index in [9.17, 15) is 9.59 Å². The SMILES string of the molecule is CCC(CC(=O)O)C1CNC(=O)C1. The zero-order valence-electron chi connectivity index (χ0n) is 7.75. The minimum atomic E-state index is -0.772. The summed E-state index contributed by atoms with van der Waals surface area (Å²) in [6, 6.07) is 0. The molecule has 0 saturated carbocycles. The number of carbonyl (C=O) groups is 2. The summed E-state index contributed by atoms with van der Waals surface area (Å²) in [5.74, 6) is -0.370. The summed E-state index contributed by atoms with van der Waals surface area (Å²) in [7, 11) is 0. The third kappa shape index (κ3) is 2.72. The molecule has 0 radical (unpaired) electrons. The molecule has 1 aliphatic rings. The molecule has 0 bridgehead atoms. The Hall–Kier alpha value is -1.06. The molecule has 4 heteroatoms. The molecule has 2 atom stereocenters. The molecule has 1 rings (SSSR count). The first-order valence-electron chi connectivity index (χ1n) is 4.62. The van der Waals surface area contributed by atoms with Crippen molar-refractivity contribution in [2.75, 3.05) is 6.54 Å². The van der Waals surface area contributed by atoms with E-state index in [-0.39, 0.29) is 24.2 Å². The predicted molar refractivity (Wildman–Crippen MR) is 47.2 cm³/mol. The molecule has 0 aromatic rings. The number of aliphatic carboxylic acids is 1. The van der Waals surface area contributed by atoms with Gasteiger partial charge in [0, 0.05) is 19.4 Å². The third-order valence-electron chi connectivity index (χ3n) is 2.64. The molecule has 2 N–H and O–H groups in total. The summed E-state index contributed by atoms with van der Waals surface area (Å²) in [6.45, 7) is 2.61. The average molecular weight is 185 g/mol. The van der Waals surface area contributed by atoms with Crippen LogP contribution >= 0.6 is 0 Å². The summed E-state index contributed by atoms with van der Waals surface area (Å²) >= 11 is 0. The molecule has 0 spiro atoms. The quantitative estimate of drug-likeness (QED) is 0.674. The van der Waals surface area contributed by atoms with Crippen LogP contribution in [-0.4, -0.2) is 23.5 Å². The van der Waals surface area contributed by atoms with Crippen molar-refractivity contribution in [2.45, 2.75) is 26.2 Å². The second kappa shape index (κ2) is 4.25. The summed E-state index contributed by atoms with van der Waals surface area (Å²) < 4.78 is 0. The van der Waals surface area contributed by atoms with E-state index in [1.807, 2.05) is 6.92 Å². The van der Waals surface area contributed by atoms with Gasteiger partial charge in [-0.2, -0.15) is 0 Å². The van der Waals surface area contributed by atoms with E-state index in [0.717, 1.165) is 6.42 Å². The van der Waals surface area contributed by atoms with Gasteiger partial charge in [-0.3, -0.25) is 9.59 Å². The molecule has 1 heterocycles. The Kier molecular flexibility index (Phi) is 3.28. The minimum Gasteiger partial charge on any atom is -0.481 e. The Morgan fingerprint density at radius 3 is 2.85 bits per heavy atom. The fraction of sp³-hybridized carbons (Fsp3) is 0.778. The molecule has 0 aromatic carbocycles. The van der Waals surface area contributed by atoms with Gasteiger partial charge in [-0.25, -0.2) is 0 Å². The Labute approximate surface area is 77.3 Å². The van der Waals surface area contributed by atoms with Crippen molar-refractivity contribution in [3.8, 4) is 0 Å². The molecule has 13 heavy (non-hydrogen) atoms. The highest BCUT2D eigenvalue weighted by atomic mass is 16.4. The molecule has 74 valence electrons. The molecule has 1 aliphatic heterocycles. The van der Waals surface area contributed by atoms with Crippen molar-refractivity contribution >= 4 is 11.9 Å². The van der Waals surface area contributed by atoms with E-state index in [4.69, 9.17) is 5.11 Å². The van der Waals surface area contributed by atoms with Crippen LogP contribution in [-0.2, 0) is 9.59 Å². The summed E-state index contributed by atoms with van der Waals surface area (Å²) in [6.07, 6.45) is 1.49. The van der Waals surface area contributed by atoms with Gasteiger partial charge in [0.1, 0.15) is 0 Å². The lowest BCUT2D eigenvalue weighted by Gasteiger charge is -2.17. The van der Waals surface area contributed by atoms with Crippen molar-refractivity contribution in [2.24, 2.45) is 11.8 Å². The van der Waals surface area contributed by atoms with Crippen molar-refractivity contribution < 1.29 is 14.7 Å². The highest BCUT2D eigenvalue weighted by Gasteiger charge is 2.29. The van der Waals surface area contributed by atoms with Crippen LogP contribution in [0.1, 0.15) is 26.2 Å². The number of amides is 1. The lowest BCUT2D eigenvalue weighted by atomic mass is 9.87. The van der Waals surface area contributed by atoms with Crippen LogP contribution in [0, 0.1) is 11.8 Å². The molecule has 1 fully saturated rings. The van der Waals surface area contributed by atoms with Gasteiger partial charge in [0.2, 0.25) is 5.91 Å². The normalized spacial score (nSPS) is 24.1. The fourth-order valence-electron chi connectivity index (χ4n) is 1.83. The molecule has 1 saturated heterocycles. The van der Waals surface area contributed by atoms with E-state index in [0.29, 0.717) is 13.0 Å². The Balaban J connectivity index is 2.46. The monoisotopic (exact) mass is 185 g/mol. The topological polar surface area (TPSA) is 66.4 Å². The first-order valence-corrected chi connectivity index (χ1v) is 4.62. The van der Waals surface area contributed by atoms with E-state index >= 15 is 0 Å². The molecule has 0 aromatic heterocycles. The van der Waals surface area contributed by atoms with Crippen LogP contribution in [0.3, 0.4) is 0 Å². The highest BCUT2D eigenvalue weighted by molar-refractivity contribution is 5.78. The first-order chi connectivity index (χ1) is 6.13. The van der Waals surface area contributed by atoms with Gasteiger partial charge in [-0.1, -0.05) is 13.3 Å². The van der Waals surface area contributed by atoms with Crippen molar-refractivity contribution in [1.29, 1.82) is 0 Å². The Bertz CT molecular complexity index is 215. The van der Waals surface area contributed by atoms with E-state index in [1.165, 1.54) is 0 Å². The van der Waals surface area contributed by atoms with Crippen LogP contribution in [0.15, 0.2) is 0 Å². The Morgan fingerprint density at radius 1 is 1.77 bits per heavy atom. The second-order valence-electron chi connectivity index (χ2n) is 3.53. The van der Waals surface area contributed by atoms with Gasteiger partial charge in [-0.05, 0) is 11.8 Å². The maximum absolute atomic E-state index is 10.9. The van der Waals surface area contributed by atoms with Crippen molar-refractivity contribution in [1.82, 2.24) is 5.32 Å². The zero-order valence-corrected chi connectivity index (χ0v) is 7.75.